The molecule has 21 heavy (non-hydrogen) atoms. The quantitative estimate of drug-likeness (QED) is 0.737. The Hall–Kier alpha value is -2.24. The summed E-state index contributed by atoms with van der Waals surface area (Å²) < 4.78 is 0. The Balaban J connectivity index is 2.18. The van der Waals surface area contributed by atoms with Crippen LogP contribution in [0.5, 0.6) is 11.5 Å². The summed E-state index contributed by atoms with van der Waals surface area (Å²) in [5.74, 6) is -1.51. The highest BCUT2D eigenvalue weighted by atomic mass is 16.4. The summed E-state index contributed by atoms with van der Waals surface area (Å²) in [5.41, 5.74) is 0.0530. The van der Waals surface area contributed by atoms with Crippen molar-refractivity contribution in [2.75, 3.05) is 6.54 Å². The molecule has 1 aliphatic heterocycles. The van der Waals surface area contributed by atoms with Gasteiger partial charge in [0.2, 0.25) is 0 Å². The maximum atomic E-state index is 12.5. The average molecular weight is 293 g/mol. The summed E-state index contributed by atoms with van der Waals surface area (Å²) >= 11 is 0. The van der Waals surface area contributed by atoms with E-state index in [2.05, 4.69) is 0 Å². The minimum Gasteiger partial charge on any atom is -0.508 e. The summed E-state index contributed by atoms with van der Waals surface area (Å²) in [6, 6.07) is 3.69. The van der Waals surface area contributed by atoms with Gasteiger partial charge in [0.05, 0.1) is 5.56 Å². The standard InChI is InChI=1S/C15H19NO5/c17-11-5-6-13(18)12(9-11)15(21)16-8-2-1-3-10(16)4-7-14(19)20/h5-6,9-10,17-18H,1-4,7-8H2,(H,19,20). The lowest BCUT2D eigenvalue weighted by molar-refractivity contribution is -0.137. The molecule has 114 valence electrons. The van der Waals surface area contributed by atoms with Crippen LogP contribution in [0.25, 0.3) is 0 Å². The minimum atomic E-state index is -0.881. The second-order valence-corrected chi connectivity index (χ2v) is 5.28. The van der Waals surface area contributed by atoms with Crippen molar-refractivity contribution < 1.29 is 24.9 Å². The zero-order valence-electron chi connectivity index (χ0n) is 11.7. The van der Waals surface area contributed by atoms with E-state index in [4.69, 9.17) is 5.11 Å². The van der Waals surface area contributed by atoms with Gasteiger partial charge in [0.1, 0.15) is 11.5 Å². The number of carboxylic acids is 1. The van der Waals surface area contributed by atoms with Gasteiger partial charge in [0, 0.05) is 19.0 Å². The summed E-state index contributed by atoms with van der Waals surface area (Å²) in [4.78, 5) is 24.9. The molecule has 1 aromatic rings. The molecule has 0 spiro atoms. The Bertz CT molecular complexity index is 543. The van der Waals surface area contributed by atoms with E-state index in [0.29, 0.717) is 13.0 Å². The Kier molecular flexibility index (Phi) is 4.67. The van der Waals surface area contributed by atoms with Crippen LogP contribution in [0.15, 0.2) is 18.2 Å². The number of carboxylic acid groups (broad SMARTS) is 1. The van der Waals surface area contributed by atoms with Crippen LogP contribution in [-0.2, 0) is 4.79 Å². The molecule has 0 aliphatic carbocycles. The van der Waals surface area contributed by atoms with Crippen molar-refractivity contribution in [3.05, 3.63) is 23.8 Å². The van der Waals surface area contributed by atoms with Crippen LogP contribution in [0.1, 0.15) is 42.5 Å². The first-order valence-corrected chi connectivity index (χ1v) is 7.04. The van der Waals surface area contributed by atoms with Crippen LogP contribution in [0.3, 0.4) is 0 Å². The fourth-order valence-corrected chi connectivity index (χ4v) is 2.71. The van der Waals surface area contributed by atoms with Gasteiger partial charge in [-0.2, -0.15) is 0 Å². The Morgan fingerprint density at radius 3 is 2.71 bits per heavy atom. The molecule has 2 rings (SSSR count). The van der Waals surface area contributed by atoms with E-state index < -0.39 is 5.97 Å². The highest BCUT2D eigenvalue weighted by Gasteiger charge is 2.29. The number of piperidine rings is 1. The molecule has 1 heterocycles. The number of likely N-dealkylation sites (tertiary alicyclic amines) is 1. The second-order valence-electron chi connectivity index (χ2n) is 5.28. The van der Waals surface area contributed by atoms with Crippen LogP contribution in [0.2, 0.25) is 0 Å². The molecule has 1 fully saturated rings. The van der Waals surface area contributed by atoms with E-state index in [1.165, 1.54) is 18.2 Å². The molecule has 0 saturated carbocycles. The molecule has 6 nitrogen and oxygen atoms in total. The SMILES string of the molecule is O=C(O)CCC1CCCCN1C(=O)c1cc(O)ccc1O. The molecule has 3 N–H and O–H groups in total. The zero-order valence-corrected chi connectivity index (χ0v) is 11.7. The third kappa shape index (κ3) is 3.65. The molecule has 1 aromatic carbocycles. The number of carbonyl (C=O) groups excluding carboxylic acids is 1. The zero-order chi connectivity index (χ0) is 15.4. The van der Waals surface area contributed by atoms with E-state index in [1.54, 1.807) is 4.90 Å². The molecule has 0 radical (unpaired) electrons. The molecule has 1 saturated heterocycles. The number of hydrogen-bond donors (Lipinski definition) is 3. The van der Waals surface area contributed by atoms with Gasteiger partial charge in [-0.1, -0.05) is 0 Å². The van der Waals surface area contributed by atoms with Gasteiger partial charge in [0.25, 0.3) is 5.91 Å². The number of aliphatic carboxylic acids is 1. The summed E-state index contributed by atoms with van der Waals surface area (Å²) in [7, 11) is 0. The molecule has 0 aromatic heterocycles. The van der Waals surface area contributed by atoms with Crippen molar-refractivity contribution >= 4 is 11.9 Å². The van der Waals surface area contributed by atoms with Gasteiger partial charge >= 0.3 is 5.97 Å². The number of benzene rings is 1. The number of amides is 1. The third-order valence-corrected chi connectivity index (χ3v) is 3.79. The summed E-state index contributed by atoms with van der Waals surface area (Å²) in [6.45, 7) is 0.540. The maximum Gasteiger partial charge on any atom is 0.303 e. The number of rotatable bonds is 4. The van der Waals surface area contributed by atoms with E-state index in [1.807, 2.05) is 0 Å². The molecular weight excluding hydrogens is 274 g/mol. The molecule has 1 aliphatic rings. The first-order chi connectivity index (χ1) is 9.99. The summed E-state index contributed by atoms with van der Waals surface area (Å²) in [6.07, 6.45) is 2.99. The minimum absolute atomic E-state index is 0.0144. The van der Waals surface area contributed by atoms with Gasteiger partial charge in [0.15, 0.2) is 0 Å². The van der Waals surface area contributed by atoms with Gasteiger partial charge < -0.3 is 20.2 Å². The Morgan fingerprint density at radius 1 is 1.24 bits per heavy atom. The first-order valence-electron chi connectivity index (χ1n) is 7.04. The molecule has 1 atom stereocenters. The number of hydrogen-bond acceptors (Lipinski definition) is 4. The van der Waals surface area contributed by atoms with Crippen molar-refractivity contribution in [3.63, 3.8) is 0 Å². The number of carbonyl (C=O) groups is 2. The average Bonchev–Trinajstić information content (AvgIpc) is 2.47. The molecule has 1 unspecified atom stereocenters. The number of phenolic OH excluding ortho intramolecular Hbond substituents is 2. The van der Waals surface area contributed by atoms with E-state index in [-0.39, 0.29) is 35.4 Å². The lowest BCUT2D eigenvalue weighted by Gasteiger charge is -2.35. The monoisotopic (exact) mass is 293 g/mol. The lowest BCUT2D eigenvalue weighted by atomic mass is 9.96. The van der Waals surface area contributed by atoms with Crippen molar-refractivity contribution in [3.8, 4) is 11.5 Å². The van der Waals surface area contributed by atoms with Crippen molar-refractivity contribution in [2.45, 2.75) is 38.1 Å². The number of nitrogens with zero attached hydrogens (tertiary/aromatic N) is 1. The van der Waals surface area contributed by atoms with Gasteiger partial charge in [-0.25, -0.2) is 0 Å². The van der Waals surface area contributed by atoms with E-state index in [9.17, 15) is 19.8 Å². The molecule has 6 heteroatoms. The van der Waals surface area contributed by atoms with E-state index >= 15 is 0 Å². The molecular formula is C15H19NO5. The lowest BCUT2D eigenvalue weighted by Crippen LogP contribution is -2.44. The molecule has 0 bridgehead atoms. The maximum absolute atomic E-state index is 12.5. The number of phenols is 2. The Labute approximate surface area is 122 Å². The Morgan fingerprint density at radius 2 is 2.00 bits per heavy atom. The normalized spacial score (nSPS) is 18.5. The van der Waals surface area contributed by atoms with Gasteiger partial charge in [-0.05, 0) is 43.9 Å². The number of aromatic hydroxyl groups is 2. The smallest absolute Gasteiger partial charge is 0.303 e. The largest absolute Gasteiger partial charge is 0.508 e. The van der Waals surface area contributed by atoms with Crippen LogP contribution < -0.4 is 0 Å². The van der Waals surface area contributed by atoms with Crippen molar-refractivity contribution in [1.29, 1.82) is 0 Å². The highest BCUT2D eigenvalue weighted by molar-refractivity contribution is 5.97. The van der Waals surface area contributed by atoms with E-state index in [0.717, 1.165) is 19.3 Å². The highest BCUT2D eigenvalue weighted by Crippen LogP contribution is 2.28. The third-order valence-electron chi connectivity index (χ3n) is 3.79. The van der Waals surface area contributed by atoms with Gasteiger partial charge in [-0.3, -0.25) is 9.59 Å². The fourth-order valence-electron chi connectivity index (χ4n) is 2.71. The van der Waals surface area contributed by atoms with Crippen LogP contribution in [0, 0.1) is 0 Å². The second kappa shape index (κ2) is 6.47. The predicted octanol–water partition coefficient (Wildman–Crippen LogP) is 1.96. The van der Waals surface area contributed by atoms with Gasteiger partial charge in [-0.15, -0.1) is 0 Å². The predicted molar refractivity (Wildman–Crippen MR) is 75.3 cm³/mol. The fraction of sp³-hybridized carbons (Fsp3) is 0.467. The van der Waals surface area contributed by atoms with Crippen molar-refractivity contribution in [2.24, 2.45) is 0 Å². The van der Waals surface area contributed by atoms with Crippen LogP contribution >= 0.6 is 0 Å². The van der Waals surface area contributed by atoms with Crippen LogP contribution in [-0.4, -0.2) is 44.7 Å². The topological polar surface area (TPSA) is 98.1 Å². The van der Waals surface area contributed by atoms with Crippen LogP contribution in [0.4, 0.5) is 0 Å². The van der Waals surface area contributed by atoms with Crippen molar-refractivity contribution in [1.82, 2.24) is 4.90 Å². The first kappa shape index (κ1) is 15.2. The molecule has 1 amide bonds. The summed E-state index contributed by atoms with van der Waals surface area (Å²) in [5, 5.41) is 28.0.